The molecule has 2 rings (SSSR count). The standard InChI is InChI=1S/C14H17N3.C3H4.C2H6/c1-10-7-12(14(16)17-9-10)6-5-11-3-2-4-13(15)8-11;1-3-2;1-2/h2-8,10H,9,15H2,1H3,(H2,16,17);1H,2H3;1-2H3/b6-5+;;. The summed E-state index contributed by atoms with van der Waals surface area (Å²) >= 11 is 0. The number of hydrogen-bond donors (Lipinski definition) is 2. The van der Waals surface area contributed by atoms with E-state index >= 15 is 0 Å². The third kappa shape index (κ3) is 7.35. The van der Waals surface area contributed by atoms with E-state index in [1.165, 1.54) is 0 Å². The van der Waals surface area contributed by atoms with Crippen LogP contribution in [0.5, 0.6) is 0 Å². The van der Waals surface area contributed by atoms with Crippen LogP contribution in [-0.4, -0.2) is 12.4 Å². The molecule has 118 valence electrons. The minimum absolute atomic E-state index is 0.447. The zero-order valence-electron chi connectivity index (χ0n) is 14.0. The van der Waals surface area contributed by atoms with E-state index in [9.17, 15) is 0 Å². The van der Waals surface area contributed by atoms with Crippen molar-refractivity contribution in [2.24, 2.45) is 16.6 Å². The first-order valence-corrected chi connectivity index (χ1v) is 7.50. The first-order valence-electron chi connectivity index (χ1n) is 7.50. The second-order valence-corrected chi connectivity index (χ2v) is 4.62. The maximum atomic E-state index is 5.84. The molecule has 1 unspecified atom stereocenters. The molecule has 1 aliphatic heterocycles. The predicted octanol–water partition coefficient (Wildman–Crippen LogP) is 3.88. The highest BCUT2D eigenvalue weighted by Gasteiger charge is 2.08. The molecule has 0 spiro atoms. The van der Waals surface area contributed by atoms with Crippen molar-refractivity contribution in [1.82, 2.24) is 0 Å². The maximum Gasteiger partial charge on any atom is 0.125 e. The van der Waals surface area contributed by atoms with E-state index < -0.39 is 0 Å². The number of nitrogens with zero attached hydrogens (tertiary/aromatic N) is 1. The van der Waals surface area contributed by atoms with Crippen molar-refractivity contribution in [1.29, 1.82) is 0 Å². The zero-order valence-corrected chi connectivity index (χ0v) is 14.0. The lowest BCUT2D eigenvalue weighted by Crippen LogP contribution is -2.20. The summed E-state index contributed by atoms with van der Waals surface area (Å²) < 4.78 is 0. The van der Waals surface area contributed by atoms with Gasteiger partial charge in [0.1, 0.15) is 5.84 Å². The highest BCUT2D eigenvalue weighted by atomic mass is 14.9. The molecule has 4 N–H and O–H groups in total. The summed E-state index contributed by atoms with van der Waals surface area (Å²) in [5, 5.41) is 0. The lowest BCUT2D eigenvalue weighted by atomic mass is 10.0. The zero-order chi connectivity index (χ0) is 17.0. The van der Waals surface area contributed by atoms with Crippen molar-refractivity contribution < 1.29 is 0 Å². The second kappa shape index (κ2) is 11.2. The molecule has 22 heavy (non-hydrogen) atoms. The van der Waals surface area contributed by atoms with Crippen LogP contribution in [0.1, 0.15) is 33.3 Å². The van der Waals surface area contributed by atoms with Crippen LogP contribution in [0.4, 0.5) is 5.69 Å². The van der Waals surface area contributed by atoms with Gasteiger partial charge in [-0.25, -0.2) is 0 Å². The Balaban J connectivity index is 0.000000789. The molecule has 3 heteroatoms. The molecule has 3 nitrogen and oxygen atoms in total. The minimum atomic E-state index is 0.447. The Labute approximate surface area is 134 Å². The Kier molecular flexibility index (Phi) is 9.96. The summed E-state index contributed by atoms with van der Waals surface area (Å²) in [7, 11) is 0. The third-order valence-electron chi connectivity index (χ3n) is 2.68. The number of aliphatic imine (C=N–C) groups is 1. The normalized spacial score (nSPS) is 16.2. The average molecular weight is 297 g/mol. The highest BCUT2D eigenvalue weighted by molar-refractivity contribution is 6.01. The molecule has 0 fully saturated rings. The van der Waals surface area contributed by atoms with Gasteiger partial charge in [-0.15, -0.1) is 12.3 Å². The largest absolute Gasteiger partial charge is 0.399 e. The fourth-order valence-electron chi connectivity index (χ4n) is 1.77. The first kappa shape index (κ1) is 19.5. The van der Waals surface area contributed by atoms with Crippen molar-refractivity contribution in [2.75, 3.05) is 12.3 Å². The fraction of sp³-hybridized carbons (Fsp3) is 0.316. The van der Waals surface area contributed by atoms with Gasteiger partial charge in [0.25, 0.3) is 0 Å². The minimum Gasteiger partial charge on any atom is -0.399 e. The molecule has 0 aliphatic carbocycles. The summed E-state index contributed by atoms with van der Waals surface area (Å²) in [6, 6.07) is 7.74. The maximum absolute atomic E-state index is 5.84. The summed E-state index contributed by atoms with van der Waals surface area (Å²) in [6.07, 6.45) is 10.7. The monoisotopic (exact) mass is 297 g/mol. The van der Waals surface area contributed by atoms with Gasteiger partial charge in [-0.2, -0.15) is 0 Å². The molecule has 0 aromatic heterocycles. The lowest BCUT2D eigenvalue weighted by molar-refractivity contribution is 0.728. The van der Waals surface area contributed by atoms with Crippen LogP contribution < -0.4 is 11.5 Å². The van der Waals surface area contributed by atoms with Crippen LogP contribution in [0, 0.1) is 18.3 Å². The van der Waals surface area contributed by atoms with Crippen LogP contribution in [0.25, 0.3) is 6.08 Å². The van der Waals surface area contributed by atoms with E-state index in [4.69, 9.17) is 11.5 Å². The van der Waals surface area contributed by atoms with E-state index in [0.29, 0.717) is 11.8 Å². The predicted molar refractivity (Wildman–Crippen MR) is 99.5 cm³/mol. The van der Waals surface area contributed by atoms with E-state index in [-0.39, 0.29) is 0 Å². The van der Waals surface area contributed by atoms with Gasteiger partial charge in [0, 0.05) is 17.8 Å². The molecule has 1 atom stereocenters. The summed E-state index contributed by atoms with van der Waals surface area (Å²) in [4.78, 5) is 4.27. The molecule has 0 saturated carbocycles. The van der Waals surface area contributed by atoms with Gasteiger partial charge < -0.3 is 11.5 Å². The third-order valence-corrected chi connectivity index (χ3v) is 2.68. The number of hydrogen-bond acceptors (Lipinski definition) is 3. The van der Waals surface area contributed by atoms with Crippen molar-refractivity contribution in [2.45, 2.75) is 27.7 Å². The van der Waals surface area contributed by atoms with Crippen molar-refractivity contribution >= 4 is 17.6 Å². The van der Waals surface area contributed by atoms with Gasteiger partial charge in [-0.1, -0.05) is 51.1 Å². The van der Waals surface area contributed by atoms with Crippen LogP contribution in [0.2, 0.25) is 0 Å². The quantitative estimate of drug-likeness (QED) is 0.642. The van der Waals surface area contributed by atoms with Gasteiger partial charge in [-0.3, -0.25) is 4.99 Å². The van der Waals surface area contributed by atoms with Crippen LogP contribution in [-0.2, 0) is 0 Å². The fourth-order valence-corrected chi connectivity index (χ4v) is 1.77. The lowest BCUT2D eigenvalue weighted by Gasteiger charge is -2.13. The van der Waals surface area contributed by atoms with Gasteiger partial charge in [0.15, 0.2) is 0 Å². The smallest absolute Gasteiger partial charge is 0.125 e. The number of benzene rings is 1. The molecular formula is C19H27N3. The molecule has 0 amide bonds. The summed E-state index contributed by atoms with van der Waals surface area (Å²) in [5.74, 6) is 3.31. The Bertz CT molecular complexity index is 575. The Hall–Kier alpha value is -2.47. The van der Waals surface area contributed by atoms with Gasteiger partial charge in [0.2, 0.25) is 0 Å². The number of nitrogens with two attached hydrogens (primary N) is 2. The van der Waals surface area contributed by atoms with Gasteiger partial charge in [-0.05, 0) is 30.5 Å². The molecular weight excluding hydrogens is 270 g/mol. The number of amidine groups is 1. The Morgan fingerprint density at radius 3 is 2.50 bits per heavy atom. The van der Waals surface area contributed by atoms with E-state index in [1.54, 1.807) is 6.92 Å². The molecule has 0 radical (unpaired) electrons. The van der Waals surface area contributed by atoms with Crippen LogP contribution >= 0.6 is 0 Å². The SMILES string of the molecule is C#CC.CC.CC1C=C(/C=C/c2cccc(N)c2)C(N)=NC1. The molecule has 1 heterocycles. The van der Waals surface area contributed by atoms with Crippen molar-refractivity contribution in [3.8, 4) is 12.3 Å². The molecule has 1 aromatic carbocycles. The number of rotatable bonds is 2. The molecule has 1 aromatic rings. The molecule has 0 bridgehead atoms. The van der Waals surface area contributed by atoms with Crippen LogP contribution in [0.15, 0.2) is 47.0 Å². The molecule has 0 saturated heterocycles. The first-order chi connectivity index (χ1) is 10.6. The highest BCUT2D eigenvalue weighted by Crippen LogP contribution is 2.14. The average Bonchev–Trinajstić information content (AvgIpc) is 2.51. The topological polar surface area (TPSA) is 64.4 Å². The van der Waals surface area contributed by atoms with Gasteiger partial charge >= 0.3 is 0 Å². The van der Waals surface area contributed by atoms with E-state index in [1.807, 2.05) is 50.3 Å². The van der Waals surface area contributed by atoms with Crippen molar-refractivity contribution in [3.63, 3.8) is 0 Å². The van der Waals surface area contributed by atoms with Crippen molar-refractivity contribution in [3.05, 3.63) is 47.6 Å². The van der Waals surface area contributed by atoms with E-state index in [2.05, 4.69) is 30.3 Å². The van der Waals surface area contributed by atoms with Gasteiger partial charge in [0.05, 0.1) is 0 Å². The summed E-state index contributed by atoms with van der Waals surface area (Å²) in [6.45, 7) is 8.56. The number of dihydropyridines is 1. The number of terminal acetylenes is 1. The number of nitrogen functional groups attached to an aromatic ring is 1. The van der Waals surface area contributed by atoms with Crippen LogP contribution in [0.3, 0.4) is 0 Å². The Morgan fingerprint density at radius 2 is 1.91 bits per heavy atom. The number of anilines is 1. The molecule has 1 aliphatic rings. The van der Waals surface area contributed by atoms with E-state index in [0.717, 1.165) is 23.4 Å². The Morgan fingerprint density at radius 1 is 1.27 bits per heavy atom. The second-order valence-electron chi connectivity index (χ2n) is 4.62. The summed E-state index contributed by atoms with van der Waals surface area (Å²) in [5.41, 5.74) is 14.4.